The SMILES string of the molecule is COC(=O)c1c(N)c2ccc(Br)nc2n(-c2ccc(Cl)nc2C)c1=O. The monoisotopic (exact) mass is 422 g/mol. The molecule has 0 radical (unpaired) electrons. The van der Waals surface area contributed by atoms with Crippen LogP contribution in [0, 0.1) is 6.92 Å². The van der Waals surface area contributed by atoms with Gasteiger partial charge in [-0.3, -0.25) is 9.36 Å². The molecule has 3 heterocycles. The second kappa shape index (κ2) is 6.45. The molecule has 0 aliphatic carbocycles. The maximum atomic E-state index is 13.0. The summed E-state index contributed by atoms with van der Waals surface area (Å²) in [6, 6.07) is 6.52. The number of nitrogens with zero attached hydrogens (tertiary/aromatic N) is 3. The van der Waals surface area contributed by atoms with Crippen LogP contribution in [0.15, 0.2) is 33.7 Å². The molecule has 2 N–H and O–H groups in total. The number of carbonyl (C=O) groups excluding carboxylic acids is 1. The fraction of sp³-hybridized carbons (Fsp3) is 0.125. The molecule has 7 nitrogen and oxygen atoms in total. The van der Waals surface area contributed by atoms with Crippen LogP contribution in [0.3, 0.4) is 0 Å². The number of fused-ring (bicyclic) bond motifs is 1. The summed E-state index contributed by atoms with van der Waals surface area (Å²) in [5, 5.41) is 0.730. The number of aryl methyl sites for hydroxylation is 1. The minimum absolute atomic E-state index is 0.0164. The first kappa shape index (κ1) is 17.4. The standard InChI is InChI=1S/C16H12BrClN4O3/c1-7-9(4-6-11(18)20-7)22-14-8(3-5-10(17)21-14)13(19)12(15(22)23)16(24)25-2/h3-6H,19H2,1-2H3. The van der Waals surface area contributed by atoms with Gasteiger partial charge in [0.2, 0.25) is 0 Å². The molecule has 25 heavy (non-hydrogen) atoms. The van der Waals surface area contributed by atoms with Crippen LogP contribution in [0.2, 0.25) is 5.15 Å². The van der Waals surface area contributed by atoms with Crippen molar-refractivity contribution in [3.05, 3.63) is 55.6 Å². The highest BCUT2D eigenvalue weighted by molar-refractivity contribution is 9.10. The summed E-state index contributed by atoms with van der Waals surface area (Å²) in [5.74, 6) is -0.819. The minimum Gasteiger partial charge on any atom is -0.465 e. The van der Waals surface area contributed by atoms with Gasteiger partial charge in [0, 0.05) is 5.39 Å². The Balaban J connectivity index is 2.54. The number of aromatic nitrogens is 3. The number of nitrogens with two attached hydrogens (primary N) is 1. The number of esters is 1. The Kier molecular flexibility index (Phi) is 4.49. The van der Waals surface area contributed by atoms with Crippen molar-refractivity contribution in [2.45, 2.75) is 6.92 Å². The lowest BCUT2D eigenvalue weighted by atomic mass is 10.1. The number of halogens is 2. The minimum atomic E-state index is -0.819. The lowest BCUT2D eigenvalue weighted by Gasteiger charge is -2.15. The molecule has 128 valence electrons. The van der Waals surface area contributed by atoms with E-state index in [1.807, 2.05) is 0 Å². The molecule has 0 fully saturated rings. The molecule has 0 saturated carbocycles. The largest absolute Gasteiger partial charge is 0.465 e. The summed E-state index contributed by atoms with van der Waals surface area (Å²) < 4.78 is 6.50. The zero-order chi connectivity index (χ0) is 18.3. The second-order valence-corrected chi connectivity index (χ2v) is 6.36. The second-order valence-electron chi connectivity index (χ2n) is 5.16. The molecule has 3 aromatic rings. The van der Waals surface area contributed by atoms with E-state index in [9.17, 15) is 9.59 Å². The van der Waals surface area contributed by atoms with E-state index >= 15 is 0 Å². The van der Waals surface area contributed by atoms with Gasteiger partial charge >= 0.3 is 5.97 Å². The fourth-order valence-corrected chi connectivity index (χ4v) is 3.04. The highest BCUT2D eigenvalue weighted by Crippen LogP contribution is 2.26. The van der Waals surface area contributed by atoms with Crippen molar-refractivity contribution < 1.29 is 9.53 Å². The van der Waals surface area contributed by atoms with Gasteiger partial charge in [-0.05, 0) is 47.1 Å². The zero-order valence-electron chi connectivity index (χ0n) is 13.2. The van der Waals surface area contributed by atoms with Gasteiger partial charge in [-0.15, -0.1) is 0 Å². The number of ether oxygens (including phenoxy) is 1. The molecule has 0 amide bonds. The molecule has 0 aliphatic rings. The van der Waals surface area contributed by atoms with E-state index in [1.165, 1.54) is 11.7 Å². The molecule has 0 aromatic carbocycles. The molecule has 0 saturated heterocycles. The summed E-state index contributed by atoms with van der Waals surface area (Å²) in [4.78, 5) is 33.6. The van der Waals surface area contributed by atoms with Crippen molar-refractivity contribution >= 4 is 50.2 Å². The normalized spacial score (nSPS) is 10.9. The third-order valence-corrected chi connectivity index (χ3v) is 4.34. The first-order chi connectivity index (χ1) is 11.8. The molecule has 0 bridgehead atoms. The van der Waals surface area contributed by atoms with E-state index in [4.69, 9.17) is 22.1 Å². The van der Waals surface area contributed by atoms with Crippen LogP contribution in [0.4, 0.5) is 5.69 Å². The van der Waals surface area contributed by atoms with E-state index in [0.29, 0.717) is 21.4 Å². The molecule has 0 aliphatic heterocycles. The maximum Gasteiger partial charge on any atom is 0.345 e. The quantitative estimate of drug-likeness (QED) is 0.502. The van der Waals surface area contributed by atoms with Gasteiger partial charge in [0.15, 0.2) is 5.65 Å². The first-order valence-electron chi connectivity index (χ1n) is 7.07. The number of methoxy groups -OCH3 is 1. The number of nitrogen functional groups attached to an aromatic ring is 1. The Bertz CT molecular complexity index is 1080. The maximum absolute atomic E-state index is 13.0. The van der Waals surface area contributed by atoms with Gasteiger partial charge in [-0.25, -0.2) is 14.8 Å². The number of hydrogen-bond donors (Lipinski definition) is 1. The van der Waals surface area contributed by atoms with Crippen molar-refractivity contribution in [2.75, 3.05) is 12.8 Å². The molecule has 3 aromatic heterocycles. The van der Waals surface area contributed by atoms with Crippen molar-refractivity contribution in [2.24, 2.45) is 0 Å². The summed E-state index contributed by atoms with van der Waals surface area (Å²) in [7, 11) is 1.19. The zero-order valence-corrected chi connectivity index (χ0v) is 15.6. The highest BCUT2D eigenvalue weighted by atomic mass is 79.9. The third kappa shape index (κ3) is 2.87. The summed E-state index contributed by atoms with van der Waals surface area (Å²) in [6.45, 7) is 1.70. The Labute approximate surface area is 155 Å². The summed E-state index contributed by atoms with van der Waals surface area (Å²) >= 11 is 9.19. The van der Waals surface area contributed by atoms with E-state index in [0.717, 1.165) is 0 Å². The van der Waals surface area contributed by atoms with Crippen molar-refractivity contribution in [3.63, 3.8) is 0 Å². The predicted molar refractivity (Wildman–Crippen MR) is 98.3 cm³/mol. The molecular weight excluding hydrogens is 412 g/mol. The van der Waals surface area contributed by atoms with Crippen molar-refractivity contribution in [1.82, 2.24) is 14.5 Å². The first-order valence-corrected chi connectivity index (χ1v) is 8.24. The van der Waals surface area contributed by atoms with Crippen LogP contribution in [0.5, 0.6) is 0 Å². The van der Waals surface area contributed by atoms with E-state index in [1.54, 1.807) is 31.2 Å². The van der Waals surface area contributed by atoms with Crippen molar-refractivity contribution in [3.8, 4) is 5.69 Å². The van der Waals surface area contributed by atoms with E-state index < -0.39 is 11.5 Å². The number of pyridine rings is 3. The van der Waals surface area contributed by atoms with Crippen LogP contribution in [0.25, 0.3) is 16.7 Å². The van der Waals surface area contributed by atoms with Gasteiger partial charge in [0.05, 0.1) is 24.2 Å². The van der Waals surface area contributed by atoms with E-state index in [2.05, 4.69) is 25.9 Å². The lowest BCUT2D eigenvalue weighted by Crippen LogP contribution is -2.29. The number of anilines is 1. The van der Waals surface area contributed by atoms with Gasteiger partial charge in [-0.2, -0.15) is 0 Å². The smallest absolute Gasteiger partial charge is 0.345 e. The van der Waals surface area contributed by atoms with Crippen LogP contribution < -0.4 is 11.3 Å². The topological polar surface area (TPSA) is 100 Å². The highest BCUT2D eigenvalue weighted by Gasteiger charge is 2.24. The van der Waals surface area contributed by atoms with Gasteiger partial charge in [0.25, 0.3) is 5.56 Å². The summed E-state index contributed by atoms with van der Waals surface area (Å²) in [6.07, 6.45) is 0. The average Bonchev–Trinajstić information content (AvgIpc) is 2.56. The Morgan fingerprint density at radius 1 is 1.28 bits per heavy atom. The lowest BCUT2D eigenvalue weighted by molar-refractivity contribution is 0.0600. The fourth-order valence-electron chi connectivity index (χ4n) is 2.55. The van der Waals surface area contributed by atoms with Crippen LogP contribution in [-0.2, 0) is 4.74 Å². The third-order valence-electron chi connectivity index (χ3n) is 3.68. The van der Waals surface area contributed by atoms with Crippen LogP contribution >= 0.6 is 27.5 Å². The Morgan fingerprint density at radius 2 is 2.00 bits per heavy atom. The van der Waals surface area contributed by atoms with Crippen LogP contribution in [0.1, 0.15) is 16.1 Å². The Morgan fingerprint density at radius 3 is 2.64 bits per heavy atom. The van der Waals surface area contributed by atoms with Gasteiger partial charge in [-0.1, -0.05) is 11.6 Å². The summed E-state index contributed by atoms with van der Waals surface area (Å²) in [5.41, 5.74) is 6.39. The average molecular weight is 424 g/mol. The molecule has 0 atom stereocenters. The predicted octanol–water partition coefficient (Wildman–Crippen LogP) is 2.87. The van der Waals surface area contributed by atoms with Crippen molar-refractivity contribution in [1.29, 1.82) is 0 Å². The van der Waals surface area contributed by atoms with Gasteiger partial charge in [0.1, 0.15) is 15.3 Å². The molecule has 3 rings (SSSR count). The number of carbonyl (C=O) groups is 1. The molecular formula is C16H12BrClN4O3. The molecule has 9 heteroatoms. The Hall–Kier alpha value is -2.45. The number of hydrogen-bond acceptors (Lipinski definition) is 6. The number of rotatable bonds is 2. The van der Waals surface area contributed by atoms with Crippen LogP contribution in [-0.4, -0.2) is 27.6 Å². The molecule has 0 spiro atoms. The molecule has 0 unspecified atom stereocenters. The van der Waals surface area contributed by atoms with E-state index in [-0.39, 0.29) is 22.1 Å². The van der Waals surface area contributed by atoms with Gasteiger partial charge < -0.3 is 10.5 Å².